The molecule has 0 bridgehead atoms. The second-order valence-corrected chi connectivity index (χ2v) is 5.78. The van der Waals surface area contributed by atoms with Gasteiger partial charge in [0.1, 0.15) is 0 Å². The van der Waals surface area contributed by atoms with Crippen LogP contribution in [0.1, 0.15) is 31.2 Å². The van der Waals surface area contributed by atoms with Crippen molar-refractivity contribution in [2.24, 2.45) is 5.41 Å². The molecule has 1 unspecified atom stereocenters. The summed E-state index contributed by atoms with van der Waals surface area (Å²) in [6.45, 7) is 0.321. The van der Waals surface area contributed by atoms with Crippen LogP contribution >= 0.6 is 0 Å². The number of ether oxygens (including phenoxy) is 1. The van der Waals surface area contributed by atoms with Crippen LogP contribution in [-0.4, -0.2) is 24.2 Å². The Morgan fingerprint density at radius 1 is 1.14 bits per heavy atom. The van der Waals surface area contributed by atoms with Crippen molar-refractivity contribution < 1.29 is 22.7 Å². The third kappa shape index (κ3) is 2.04. The Kier molecular flexibility index (Phi) is 3.24. The fraction of sp³-hybridized carbons (Fsp3) is 0.533. The van der Waals surface area contributed by atoms with Crippen molar-refractivity contribution >= 4 is 6.41 Å². The highest BCUT2D eigenvalue weighted by Gasteiger charge is 2.69. The maximum absolute atomic E-state index is 13.0. The van der Waals surface area contributed by atoms with Crippen molar-refractivity contribution in [3.8, 4) is 0 Å². The van der Waals surface area contributed by atoms with E-state index in [0.29, 0.717) is 31.4 Å². The zero-order chi connectivity index (χ0) is 15.1. The lowest BCUT2D eigenvalue weighted by Crippen LogP contribution is -2.72. The van der Waals surface area contributed by atoms with Gasteiger partial charge in [0, 0.05) is 17.5 Å². The number of carbonyl (C=O) groups excluding carboxylic acids is 1. The molecule has 114 valence electrons. The molecule has 21 heavy (non-hydrogen) atoms. The molecule has 1 saturated heterocycles. The van der Waals surface area contributed by atoms with E-state index >= 15 is 0 Å². The van der Waals surface area contributed by atoms with E-state index in [0.717, 1.165) is 17.7 Å². The summed E-state index contributed by atoms with van der Waals surface area (Å²) in [5.41, 5.74) is -1.96. The van der Waals surface area contributed by atoms with Gasteiger partial charge in [-0.15, -0.1) is 13.2 Å². The maximum atomic E-state index is 13.0. The minimum Gasteiger partial charge on any atom is -0.311 e. The molecular formula is C15H16F3NO2. The average molecular weight is 299 g/mol. The van der Waals surface area contributed by atoms with Crippen LogP contribution in [0.15, 0.2) is 30.3 Å². The number of halogens is 3. The third-order valence-corrected chi connectivity index (χ3v) is 4.71. The van der Waals surface area contributed by atoms with Gasteiger partial charge >= 0.3 is 6.36 Å². The minimum absolute atomic E-state index is 0.321. The number of hydrogen-bond acceptors (Lipinski definition) is 2. The van der Waals surface area contributed by atoms with Crippen molar-refractivity contribution in [2.45, 2.75) is 37.8 Å². The fourth-order valence-corrected chi connectivity index (χ4v) is 3.95. The first-order valence-electron chi connectivity index (χ1n) is 6.98. The van der Waals surface area contributed by atoms with Gasteiger partial charge in [-0.05, 0) is 12.8 Å². The highest BCUT2D eigenvalue weighted by atomic mass is 19.4. The van der Waals surface area contributed by atoms with Crippen LogP contribution in [0.25, 0.3) is 0 Å². The molecule has 0 radical (unpaired) electrons. The lowest BCUT2D eigenvalue weighted by atomic mass is 9.64. The largest absolute Gasteiger partial charge is 0.524 e. The van der Waals surface area contributed by atoms with Crippen molar-refractivity contribution in [1.82, 2.24) is 4.90 Å². The van der Waals surface area contributed by atoms with Crippen LogP contribution in [0.2, 0.25) is 0 Å². The van der Waals surface area contributed by atoms with Crippen LogP contribution in [0.5, 0.6) is 0 Å². The fourth-order valence-electron chi connectivity index (χ4n) is 3.95. The number of alkyl halides is 3. The van der Waals surface area contributed by atoms with Crippen LogP contribution < -0.4 is 0 Å². The number of carbonyl (C=O) groups is 1. The first-order chi connectivity index (χ1) is 9.94. The Bertz CT molecular complexity index is 525. The lowest BCUT2D eigenvalue weighted by Gasteiger charge is -2.63. The van der Waals surface area contributed by atoms with Gasteiger partial charge in [-0.1, -0.05) is 43.2 Å². The standard InChI is InChI=1S/C15H16F3NO2/c16-15(17,18)21-14(12-6-2-1-3-7-12)13(8-4-5-9-13)10-19(14)11-20/h1-3,6-7,11H,4-5,8-10H2. The second kappa shape index (κ2) is 4.73. The molecule has 1 amide bonds. The van der Waals surface area contributed by atoms with Gasteiger partial charge in [0.25, 0.3) is 0 Å². The molecule has 2 fully saturated rings. The van der Waals surface area contributed by atoms with E-state index in [1.807, 2.05) is 0 Å². The van der Waals surface area contributed by atoms with Crippen molar-refractivity contribution in [3.63, 3.8) is 0 Å². The monoisotopic (exact) mass is 299 g/mol. The number of benzene rings is 1. The van der Waals surface area contributed by atoms with E-state index in [2.05, 4.69) is 4.74 Å². The van der Waals surface area contributed by atoms with Gasteiger partial charge in [-0.2, -0.15) is 0 Å². The molecule has 2 aliphatic rings. The van der Waals surface area contributed by atoms with E-state index in [1.54, 1.807) is 30.3 Å². The van der Waals surface area contributed by atoms with Gasteiger partial charge in [0.15, 0.2) is 5.72 Å². The summed E-state index contributed by atoms with van der Waals surface area (Å²) in [6.07, 6.45) is -1.33. The molecule has 1 aliphatic heterocycles. The number of nitrogens with zero attached hydrogens (tertiary/aromatic N) is 1. The Balaban J connectivity index is 2.12. The van der Waals surface area contributed by atoms with Crippen LogP contribution in [-0.2, 0) is 15.3 Å². The third-order valence-electron chi connectivity index (χ3n) is 4.71. The number of likely N-dealkylation sites (tertiary alicyclic amines) is 1. The van der Waals surface area contributed by atoms with Crippen molar-refractivity contribution in [2.75, 3.05) is 6.54 Å². The zero-order valence-electron chi connectivity index (χ0n) is 11.4. The van der Waals surface area contributed by atoms with Gasteiger partial charge < -0.3 is 4.90 Å². The molecule has 1 atom stereocenters. The highest BCUT2D eigenvalue weighted by Crippen LogP contribution is 2.63. The summed E-state index contributed by atoms with van der Waals surface area (Å²) in [5, 5.41) is 0. The Morgan fingerprint density at radius 2 is 1.76 bits per heavy atom. The van der Waals surface area contributed by atoms with E-state index < -0.39 is 17.5 Å². The maximum Gasteiger partial charge on any atom is 0.524 e. The average Bonchev–Trinajstić information content (AvgIpc) is 2.94. The first-order valence-corrected chi connectivity index (χ1v) is 6.98. The quantitative estimate of drug-likeness (QED) is 0.801. The molecule has 1 spiro atoms. The normalized spacial score (nSPS) is 27.7. The van der Waals surface area contributed by atoms with Crippen LogP contribution in [0.4, 0.5) is 13.2 Å². The summed E-state index contributed by atoms with van der Waals surface area (Å²) in [7, 11) is 0. The summed E-state index contributed by atoms with van der Waals surface area (Å²) < 4.78 is 43.7. The molecule has 1 saturated carbocycles. The number of rotatable bonds is 3. The SMILES string of the molecule is O=CN1CC2(CCCC2)C1(OC(F)(F)F)c1ccccc1. The minimum atomic E-state index is -4.80. The predicted octanol–water partition coefficient (Wildman–Crippen LogP) is 3.41. The molecule has 1 aliphatic carbocycles. The smallest absolute Gasteiger partial charge is 0.311 e. The van der Waals surface area contributed by atoms with E-state index in [9.17, 15) is 18.0 Å². The molecule has 1 aromatic carbocycles. The molecule has 1 aromatic rings. The summed E-state index contributed by atoms with van der Waals surface area (Å²) in [4.78, 5) is 12.4. The number of amides is 1. The van der Waals surface area contributed by atoms with Crippen molar-refractivity contribution in [1.29, 1.82) is 0 Å². The highest BCUT2D eigenvalue weighted by molar-refractivity contribution is 5.54. The van der Waals surface area contributed by atoms with Crippen LogP contribution in [0.3, 0.4) is 0 Å². The molecular weight excluding hydrogens is 283 g/mol. The van der Waals surface area contributed by atoms with E-state index in [-0.39, 0.29) is 0 Å². The van der Waals surface area contributed by atoms with Crippen LogP contribution in [0, 0.1) is 5.41 Å². The van der Waals surface area contributed by atoms with Gasteiger partial charge in [0.05, 0.1) is 0 Å². The Hall–Kier alpha value is -1.56. The van der Waals surface area contributed by atoms with Gasteiger partial charge in [-0.3, -0.25) is 9.53 Å². The second-order valence-electron chi connectivity index (χ2n) is 5.78. The van der Waals surface area contributed by atoms with Crippen molar-refractivity contribution in [3.05, 3.63) is 35.9 Å². The molecule has 6 heteroatoms. The Labute approximate surface area is 120 Å². The summed E-state index contributed by atoms with van der Waals surface area (Å²) >= 11 is 0. The van der Waals surface area contributed by atoms with Gasteiger partial charge in [0.2, 0.25) is 6.41 Å². The summed E-state index contributed by atoms with van der Waals surface area (Å²) in [5.74, 6) is 0. The van der Waals surface area contributed by atoms with E-state index in [4.69, 9.17) is 0 Å². The number of hydrogen-bond donors (Lipinski definition) is 0. The molecule has 1 heterocycles. The topological polar surface area (TPSA) is 29.5 Å². The molecule has 3 nitrogen and oxygen atoms in total. The van der Waals surface area contributed by atoms with E-state index in [1.165, 1.54) is 0 Å². The molecule has 0 aromatic heterocycles. The lowest BCUT2D eigenvalue weighted by molar-refractivity contribution is -0.443. The molecule has 0 N–H and O–H groups in total. The predicted molar refractivity (Wildman–Crippen MR) is 68.9 cm³/mol. The Morgan fingerprint density at radius 3 is 2.29 bits per heavy atom. The first kappa shape index (κ1) is 14.4. The summed E-state index contributed by atoms with van der Waals surface area (Å²) in [6, 6.07) is 8.26. The van der Waals surface area contributed by atoms with Gasteiger partial charge in [-0.25, -0.2) is 0 Å². The molecule has 3 rings (SSSR count). The zero-order valence-corrected chi connectivity index (χ0v) is 11.4.